The molecule has 1 fully saturated rings. The van der Waals surface area contributed by atoms with Gasteiger partial charge in [-0.2, -0.15) is 5.10 Å². The van der Waals surface area contributed by atoms with Crippen molar-refractivity contribution >= 4 is 5.91 Å². The highest BCUT2D eigenvalue weighted by molar-refractivity contribution is 5.94. The van der Waals surface area contributed by atoms with Gasteiger partial charge in [0.15, 0.2) is 0 Å². The standard InChI is InChI=1S/C21H23N5O/c1-23-11-17(10-22-23)12-24-14-19-20(15-24)26(13-16-6-3-2-4-7-16)21(27)18-8-5-9-25(18)19/h2-11,19-20H,12-15H2,1H3/t19-,20-/m0/s1. The third-order valence-electron chi connectivity index (χ3n) is 5.71. The van der Waals surface area contributed by atoms with Crippen molar-refractivity contribution in [2.75, 3.05) is 13.1 Å². The quantitative estimate of drug-likeness (QED) is 0.716. The number of hydrogen-bond acceptors (Lipinski definition) is 3. The molecule has 6 heteroatoms. The molecule has 138 valence electrons. The highest BCUT2D eigenvalue weighted by Gasteiger charge is 2.44. The van der Waals surface area contributed by atoms with Crippen molar-refractivity contribution in [1.29, 1.82) is 0 Å². The molecule has 1 aromatic carbocycles. The summed E-state index contributed by atoms with van der Waals surface area (Å²) in [5.41, 5.74) is 3.19. The van der Waals surface area contributed by atoms with Gasteiger partial charge in [0.1, 0.15) is 5.69 Å². The Bertz CT molecular complexity index is 960. The molecule has 0 radical (unpaired) electrons. The number of aryl methyl sites for hydroxylation is 1. The normalized spacial score (nSPS) is 22.1. The first-order chi connectivity index (χ1) is 13.2. The summed E-state index contributed by atoms with van der Waals surface area (Å²) in [6.45, 7) is 3.35. The van der Waals surface area contributed by atoms with Gasteiger partial charge in [0.05, 0.1) is 18.3 Å². The predicted octanol–water partition coefficient (Wildman–Crippen LogP) is 2.30. The van der Waals surface area contributed by atoms with E-state index in [1.54, 1.807) is 0 Å². The number of carbonyl (C=O) groups is 1. The second kappa shape index (κ2) is 6.39. The van der Waals surface area contributed by atoms with Crippen molar-refractivity contribution in [3.8, 4) is 0 Å². The van der Waals surface area contributed by atoms with Crippen LogP contribution in [0.2, 0.25) is 0 Å². The zero-order chi connectivity index (χ0) is 18.4. The molecule has 0 bridgehead atoms. The maximum atomic E-state index is 13.2. The van der Waals surface area contributed by atoms with Crippen LogP contribution in [0.5, 0.6) is 0 Å². The molecule has 2 aromatic heterocycles. The van der Waals surface area contributed by atoms with Crippen LogP contribution in [0.1, 0.15) is 27.7 Å². The van der Waals surface area contributed by atoms with Gasteiger partial charge in [-0.1, -0.05) is 30.3 Å². The van der Waals surface area contributed by atoms with Gasteiger partial charge in [-0.15, -0.1) is 0 Å². The molecule has 1 saturated heterocycles. The summed E-state index contributed by atoms with van der Waals surface area (Å²) >= 11 is 0. The van der Waals surface area contributed by atoms with Crippen LogP contribution in [-0.2, 0) is 20.1 Å². The Hall–Kier alpha value is -2.86. The Kier molecular flexibility index (Phi) is 3.86. The molecule has 1 amide bonds. The van der Waals surface area contributed by atoms with Crippen molar-refractivity contribution in [3.63, 3.8) is 0 Å². The highest BCUT2D eigenvalue weighted by atomic mass is 16.2. The van der Waals surface area contributed by atoms with E-state index in [4.69, 9.17) is 0 Å². The van der Waals surface area contributed by atoms with Crippen LogP contribution < -0.4 is 0 Å². The Morgan fingerprint density at radius 2 is 1.81 bits per heavy atom. The van der Waals surface area contributed by atoms with E-state index in [9.17, 15) is 4.79 Å². The Labute approximate surface area is 158 Å². The van der Waals surface area contributed by atoms with Crippen LogP contribution in [0, 0.1) is 0 Å². The van der Waals surface area contributed by atoms with E-state index in [2.05, 4.69) is 44.0 Å². The lowest BCUT2D eigenvalue weighted by Crippen LogP contribution is -2.49. The summed E-state index contributed by atoms with van der Waals surface area (Å²) in [6.07, 6.45) is 6.05. The lowest BCUT2D eigenvalue weighted by atomic mass is 10.0. The number of fused-ring (bicyclic) bond motifs is 3. The van der Waals surface area contributed by atoms with Crippen molar-refractivity contribution in [2.45, 2.75) is 25.2 Å². The molecule has 2 aliphatic heterocycles. The predicted molar refractivity (Wildman–Crippen MR) is 102 cm³/mol. The van der Waals surface area contributed by atoms with Gasteiger partial charge in [0.25, 0.3) is 5.91 Å². The summed E-state index contributed by atoms with van der Waals surface area (Å²) in [7, 11) is 1.94. The van der Waals surface area contributed by atoms with Crippen molar-refractivity contribution < 1.29 is 4.79 Å². The number of rotatable bonds is 4. The molecule has 3 aromatic rings. The maximum Gasteiger partial charge on any atom is 0.271 e. The first kappa shape index (κ1) is 16.3. The van der Waals surface area contributed by atoms with Gasteiger partial charge in [0, 0.05) is 51.2 Å². The van der Waals surface area contributed by atoms with Crippen LogP contribution in [0.15, 0.2) is 61.1 Å². The van der Waals surface area contributed by atoms with E-state index in [1.807, 2.05) is 48.3 Å². The second-order valence-electron chi connectivity index (χ2n) is 7.57. The van der Waals surface area contributed by atoms with Gasteiger partial charge in [-0.25, -0.2) is 0 Å². The SMILES string of the molecule is Cn1cc(CN2C[C@H]3[C@H](C2)n2cccc2C(=O)N3Cc2ccccc2)cn1. The van der Waals surface area contributed by atoms with E-state index in [-0.39, 0.29) is 11.9 Å². The van der Waals surface area contributed by atoms with E-state index in [1.165, 1.54) is 11.1 Å². The fraction of sp³-hybridized carbons (Fsp3) is 0.333. The molecule has 0 aliphatic carbocycles. The number of carbonyl (C=O) groups excluding carboxylic acids is 1. The number of benzene rings is 1. The molecule has 0 N–H and O–H groups in total. The Balaban J connectivity index is 1.43. The highest BCUT2D eigenvalue weighted by Crippen LogP contribution is 2.35. The summed E-state index contributed by atoms with van der Waals surface area (Å²) in [4.78, 5) is 17.7. The van der Waals surface area contributed by atoms with Gasteiger partial charge in [0.2, 0.25) is 0 Å². The summed E-state index contributed by atoms with van der Waals surface area (Å²) in [6, 6.07) is 14.7. The number of nitrogens with zero attached hydrogens (tertiary/aromatic N) is 5. The minimum Gasteiger partial charge on any atom is -0.337 e. The molecule has 0 saturated carbocycles. The molecule has 0 spiro atoms. The number of hydrogen-bond donors (Lipinski definition) is 0. The molecule has 27 heavy (non-hydrogen) atoms. The summed E-state index contributed by atoms with van der Waals surface area (Å²) in [5.74, 6) is 0.133. The lowest BCUT2D eigenvalue weighted by Gasteiger charge is -2.38. The molecular formula is C21H23N5O. The van der Waals surface area contributed by atoms with Crippen LogP contribution in [0.4, 0.5) is 0 Å². The lowest BCUT2D eigenvalue weighted by molar-refractivity contribution is 0.0556. The molecule has 5 rings (SSSR count). The van der Waals surface area contributed by atoms with Crippen LogP contribution >= 0.6 is 0 Å². The molecule has 2 atom stereocenters. The zero-order valence-corrected chi connectivity index (χ0v) is 15.4. The first-order valence-corrected chi connectivity index (χ1v) is 9.40. The third-order valence-corrected chi connectivity index (χ3v) is 5.71. The summed E-state index contributed by atoms with van der Waals surface area (Å²) in [5, 5.41) is 4.28. The number of amides is 1. The van der Waals surface area contributed by atoms with E-state index in [0.717, 1.165) is 25.3 Å². The smallest absolute Gasteiger partial charge is 0.271 e. The summed E-state index contributed by atoms with van der Waals surface area (Å²) < 4.78 is 4.02. The van der Waals surface area contributed by atoms with Crippen LogP contribution in [0.25, 0.3) is 0 Å². The largest absolute Gasteiger partial charge is 0.337 e. The Morgan fingerprint density at radius 1 is 1.00 bits per heavy atom. The number of likely N-dealkylation sites (tertiary alicyclic amines) is 1. The van der Waals surface area contributed by atoms with E-state index < -0.39 is 0 Å². The molecule has 0 unspecified atom stereocenters. The minimum atomic E-state index is 0.133. The van der Waals surface area contributed by atoms with E-state index >= 15 is 0 Å². The van der Waals surface area contributed by atoms with Gasteiger partial charge in [-0.05, 0) is 17.7 Å². The average molecular weight is 361 g/mol. The number of aromatic nitrogens is 3. The Morgan fingerprint density at radius 3 is 2.59 bits per heavy atom. The van der Waals surface area contributed by atoms with Crippen LogP contribution in [0.3, 0.4) is 0 Å². The minimum absolute atomic E-state index is 0.133. The van der Waals surface area contributed by atoms with Crippen molar-refractivity contribution in [1.82, 2.24) is 24.1 Å². The van der Waals surface area contributed by atoms with Crippen molar-refractivity contribution in [3.05, 3.63) is 77.9 Å². The fourth-order valence-corrected chi connectivity index (χ4v) is 4.50. The fourth-order valence-electron chi connectivity index (χ4n) is 4.50. The molecule has 6 nitrogen and oxygen atoms in total. The second-order valence-corrected chi connectivity index (χ2v) is 7.57. The molecule has 4 heterocycles. The molecular weight excluding hydrogens is 338 g/mol. The maximum absolute atomic E-state index is 13.2. The van der Waals surface area contributed by atoms with Crippen molar-refractivity contribution in [2.24, 2.45) is 7.05 Å². The average Bonchev–Trinajstić information content (AvgIpc) is 3.39. The van der Waals surface area contributed by atoms with E-state index in [0.29, 0.717) is 12.6 Å². The van der Waals surface area contributed by atoms with Gasteiger partial charge < -0.3 is 9.47 Å². The zero-order valence-electron chi connectivity index (χ0n) is 15.4. The van der Waals surface area contributed by atoms with Crippen LogP contribution in [-0.4, -0.2) is 49.2 Å². The monoisotopic (exact) mass is 361 g/mol. The van der Waals surface area contributed by atoms with Gasteiger partial charge >= 0.3 is 0 Å². The third kappa shape index (κ3) is 2.86. The molecule has 2 aliphatic rings. The topological polar surface area (TPSA) is 46.3 Å². The first-order valence-electron chi connectivity index (χ1n) is 9.40. The van der Waals surface area contributed by atoms with Gasteiger partial charge in [-0.3, -0.25) is 14.4 Å².